The summed E-state index contributed by atoms with van der Waals surface area (Å²) in [4.78, 5) is 21.6. The van der Waals surface area contributed by atoms with Crippen molar-refractivity contribution in [2.45, 2.75) is 20.8 Å². The van der Waals surface area contributed by atoms with Crippen molar-refractivity contribution in [2.75, 3.05) is 6.61 Å². The molecule has 0 aliphatic rings. The Morgan fingerprint density at radius 3 is 2.79 bits per heavy atom. The number of carbonyl (C=O) groups is 1. The molecule has 2 heterocycles. The Hall–Kier alpha value is -4.06. The Bertz CT molecular complexity index is 1180. The number of phenolic OH excluding ortho intramolecular Hbond substituents is 1. The number of fused-ring (bicyclic) bond motifs is 1. The first-order valence-electron chi connectivity index (χ1n) is 8.75. The fourth-order valence-corrected chi connectivity index (χ4v) is 3.19. The average Bonchev–Trinajstić information content (AvgIpc) is 2.69. The Balaban J connectivity index is 2.54. The van der Waals surface area contributed by atoms with E-state index in [2.05, 4.69) is 20.6 Å². The summed E-state index contributed by atoms with van der Waals surface area (Å²) in [7, 11) is 0. The number of amides is 1. The van der Waals surface area contributed by atoms with Gasteiger partial charge in [-0.05, 0) is 44.5 Å². The first-order valence-corrected chi connectivity index (χ1v) is 8.75. The van der Waals surface area contributed by atoms with Crippen molar-refractivity contribution in [1.82, 2.24) is 15.4 Å². The molecule has 9 nitrogen and oxygen atoms in total. The molecule has 0 aliphatic heterocycles. The molecule has 0 saturated heterocycles. The molecule has 146 valence electrons. The summed E-state index contributed by atoms with van der Waals surface area (Å²) in [6.07, 6.45) is 1.63. The summed E-state index contributed by atoms with van der Waals surface area (Å²) in [5.74, 6) is -0.581. The van der Waals surface area contributed by atoms with Gasteiger partial charge in [-0.2, -0.15) is 10.8 Å². The molecule has 9 heteroatoms. The van der Waals surface area contributed by atoms with E-state index in [4.69, 9.17) is 15.5 Å². The lowest BCUT2D eigenvalue weighted by molar-refractivity contribution is 0.0950. The molecule has 0 saturated carbocycles. The quantitative estimate of drug-likeness (QED) is 0.449. The van der Waals surface area contributed by atoms with Gasteiger partial charge in [-0.3, -0.25) is 9.78 Å². The summed E-state index contributed by atoms with van der Waals surface area (Å²) in [6, 6.07) is 6.37. The smallest absolute Gasteiger partial charge is 0.275 e. The van der Waals surface area contributed by atoms with E-state index in [-0.39, 0.29) is 22.8 Å². The monoisotopic (exact) mass is 390 g/mol. The number of pyridine rings is 2. The minimum absolute atomic E-state index is 0.127. The molecule has 3 aromatic rings. The first-order chi connectivity index (χ1) is 13.9. The summed E-state index contributed by atoms with van der Waals surface area (Å²) in [5, 5.41) is 23.1. The summed E-state index contributed by atoms with van der Waals surface area (Å²) >= 11 is 0. The van der Waals surface area contributed by atoms with Crippen LogP contribution in [0.15, 0.2) is 29.6 Å². The lowest BCUT2D eigenvalue weighted by atomic mass is 9.92. The van der Waals surface area contributed by atoms with Crippen molar-refractivity contribution >= 4 is 16.8 Å². The summed E-state index contributed by atoms with van der Waals surface area (Å²) in [5.41, 5.74) is 11.8. The molecule has 0 aliphatic carbocycles. The highest BCUT2D eigenvalue weighted by Crippen LogP contribution is 2.42. The van der Waals surface area contributed by atoms with Crippen molar-refractivity contribution in [3.05, 3.63) is 46.8 Å². The Morgan fingerprint density at radius 1 is 1.41 bits per heavy atom. The zero-order valence-corrected chi connectivity index (χ0v) is 16.1. The number of aryl methyl sites for hydroxylation is 2. The number of benzene rings is 1. The number of rotatable bonds is 5. The van der Waals surface area contributed by atoms with E-state index in [0.29, 0.717) is 34.3 Å². The number of nitrogens with zero attached hydrogens (tertiary/aromatic N) is 4. The van der Waals surface area contributed by atoms with Crippen LogP contribution in [0.1, 0.15) is 34.1 Å². The second kappa shape index (κ2) is 7.90. The third-order valence-corrected chi connectivity index (χ3v) is 4.40. The van der Waals surface area contributed by atoms with Crippen LogP contribution in [0.3, 0.4) is 0 Å². The molecule has 2 aromatic heterocycles. The van der Waals surface area contributed by atoms with Crippen LogP contribution in [-0.2, 0) is 0 Å². The first kappa shape index (κ1) is 19.7. The molecule has 3 N–H and O–H groups in total. The Kier molecular flexibility index (Phi) is 5.36. The average molecular weight is 390 g/mol. The highest BCUT2D eigenvalue weighted by atomic mass is 16.5. The van der Waals surface area contributed by atoms with Crippen molar-refractivity contribution in [3.8, 4) is 28.8 Å². The van der Waals surface area contributed by atoms with Gasteiger partial charge in [0, 0.05) is 17.3 Å². The van der Waals surface area contributed by atoms with Gasteiger partial charge in [-0.1, -0.05) is 5.22 Å². The van der Waals surface area contributed by atoms with Crippen LogP contribution in [0.2, 0.25) is 0 Å². The second-order valence-corrected chi connectivity index (χ2v) is 6.25. The predicted octanol–water partition coefficient (Wildman–Crippen LogP) is 3.57. The highest BCUT2D eigenvalue weighted by molar-refractivity contribution is 6.12. The van der Waals surface area contributed by atoms with Crippen LogP contribution in [0.25, 0.3) is 22.0 Å². The SMILES string of the molecule is CCOc1ncc(C)c2nc(C)c(C(=O)NN=N)c(-c3ccc(C#N)cc3O)c12. The molecule has 0 unspecified atom stereocenters. The van der Waals surface area contributed by atoms with Crippen molar-refractivity contribution in [1.29, 1.82) is 10.8 Å². The molecule has 0 spiro atoms. The van der Waals surface area contributed by atoms with Crippen LogP contribution in [-0.4, -0.2) is 27.6 Å². The Morgan fingerprint density at radius 2 is 2.17 bits per heavy atom. The number of hydrogen-bond acceptors (Lipinski definition) is 8. The lowest BCUT2D eigenvalue weighted by Crippen LogP contribution is -2.20. The highest BCUT2D eigenvalue weighted by Gasteiger charge is 2.26. The van der Waals surface area contributed by atoms with Crippen molar-refractivity contribution < 1.29 is 14.6 Å². The minimum Gasteiger partial charge on any atom is -0.507 e. The third-order valence-electron chi connectivity index (χ3n) is 4.40. The zero-order chi connectivity index (χ0) is 21.1. The number of carbonyl (C=O) groups excluding carboxylic acids is 1. The van der Waals surface area contributed by atoms with Gasteiger partial charge in [-0.15, -0.1) is 0 Å². The van der Waals surface area contributed by atoms with Gasteiger partial charge in [0.1, 0.15) is 5.75 Å². The van der Waals surface area contributed by atoms with Gasteiger partial charge in [-0.25, -0.2) is 10.4 Å². The standard InChI is InChI=1S/C20H18N6O3/c1-4-29-20-17-16(13-6-5-12(8-21)7-14(13)27)15(19(28)25-26-22)11(3)24-18(17)10(2)9-23-20/h5-7,9,27H,4H2,1-3H3,(H2,22,25,28). The van der Waals surface area contributed by atoms with E-state index in [1.54, 1.807) is 26.1 Å². The second-order valence-electron chi connectivity index (χ2n) is 6.25. The molecule has 0 fully saturated rings. The molecule has 1 aromatic carbocycles. The van der Waals surface area contributed by atoms with E-state index in [1.807, 2.05) is 13.0 Å². The van der Waals surface area contributed by atoms with Crippen LogP contribution in [0.5, 0.6) is 11.6 Å². The summed E-state index contributed by atoms with van der Waals surface area (Å²) < 4.78 is 5.68. The predicted molar refractivity (Wildman–Crippen MR) is 105 cm³/mol. The maximum absolute atomic E-state index is 12.7. The number of hydrogen-bond donors (Lipinski definition) is 3. The maximum atomic E-state index is 12.7. The number of phenols is 1. The molecule has 29 heavy (non-hydrogen) atoms. The number of nitrogens with one attached hydrogen (secondary N) is 2. The molecule has 1 amide bonds. The number of aromatic hydroxyl groups is 1. The topological polar surface area (TPSA) is 144 Å². The largest absolute Gasteiger partial charge is 0.507 e. The summed E-state index contributed by atoms with van der Waals surface area (Å²) in [6.45, 7) is 5.63. The van der Waals surface area contributed by atoms with Crippen molar-refractivity contribution in [2.24, 2.45) is 5.22 Å². The van der Waals surface area contributed by atoms with Gasteiger partial charge in [0.05, 0.1) is 40.4 Å². The number of aromatic nitrogens is 2. The van der Waals surface area contributed by atoms with Crippen molar-refractivity contribution in [3.63, 3.8) is 0 Å². The van der Waals surface area contributed by atoms with Gasteiger partial charge < -0.3 is 9.84 Å². The fourth-order valence-electron chi connectivity index (χ4n) is 3.19. The van der Waals surface area contributed by atoms with Gasteiger partial charge in [0.2, 0.25) is 5.88 Å². The van der Waals surface area contributed by atoms with Gasteiger partial charge >= 0.3 is 0 Å². The fraction of sp³-hybridized carbons (Fsp3) is 0.200. The van der Waals surface area contributed by atoms with E-state index in [1.165, 1.54) is 12.1 Å². The van der Waals surface area contributed by atoms with E-state index in [0.717, 1.165) is 5.56 Å². The van der Waals surface area contributed by atoms with Crippen LogP contribution >= 0.6 is 0 Å². The number of ether oxygens (including phenoxy) is 1. The molecule has 0 radical (unpaired) electrons. The van der Waals surface area contributed by atoms with Gasteiger partial charge in [0.25, 0.3) is 5.91 Å². The third kappa shape index (κ3) is 3.43. The molecule has 3 rings (SSSR count). The normalized spacial score (nSPS) is 10.4. The van der Waals surface area contributed by atoms with Gasteiger partial charge in [0.15, 0.2) is 0 Å². The molecule has 0 atom stereocenters. The van der Waals surface area contributed by atoms with Crippen LogP contribution in [0.4, 0.5) is 0 Å². The zero-order valence-electron chi connectivity index (χ0n) is 16.1. The van der Waals surface area contributed by atoms with Crippen LogP contribution in [0, 0.1) is 30.7 Å². The molecular formula is C20H18N6O3. The molecule has 0 bridgehead atoms. The molecular weight excluding hydrogens is 372 g/mol. The number of nitriles is 1. The Labute approximate surface area is 166 Å². The van der Waals surface area contributed by atoms with E-state index < -0.39 is 5.91 Å². The van der Waals surface area contributed by atoms with E-state index in [9.17, 15) is 9.90 Å². The lowest BCUT2D eigenvalue weighted by Gasteiger charge is -2.18. The minimum atomic E-state index is -0.658. The maximum Gasteiger partial charge on any atom is 0.275 e. The van der Waals surface area contributed by atoms with Crippen LogP contribution < -0.4 is 10.2 Å². The van der Waals surface area contributed by atoms with E-state index >= 15 is 0 Å².